The molecule has 0 unspecified atom stereocenters. The normalized spacial score (nSPS) is 12.2. The molecule has 6 heteroatoms. The zero-order valence-corrected chi connectivity index (χ0v) is 10.5. The van der Waals surface area contributed by atoms with Crippen molar-refractivity contribution in [3.05, 3.63) is 41.5 Å². The molecule has 0 heterocycles. The molecule has 0 bridgehead atoms. The summed E-state index contributed by atoms with van der Waals surface area (Å²) in [5, 5.41) is 0. The lowest BCUT2D eigenvalue weighted by Crippen LogP contribution is -2.05. The Morgan fingerprint density at radius 3 is 2.32 bits per heavy atom. The van der Waals surface area contributed by atoms with Crippen molar-refractivity contribution in [3.8, 4) is 5.75 Å². The average Bonchev–Trinajstić information content (AvgIpc) is 2.37. The topological polar surface area (TPSA) is 35.5 Å². The molecule has 0 aliphatic carbocycles. The van der Waals surface area contributed by atoms with Crippen molar-refractivity contribution < 1.29 is 27.4 Å². The second-order valence-corrected chi connectivity index (χ2v) is 3.71. The van der Waals surface area contributed by atoms with E-state index in [-0.39, 0.29) is 6.61 Å². The molecule has 0 aromatic heterocycles. The van der Waals surface area contributed by atoms with Gasteiger partial charge in [-0.15, -0.1) is 0 Å². The largest absolute Gasteiger partial charge is 0.490 e. The van der Waals surface area contributed by atoms with Crippen molar-refractivity contribution in [1.82, 2.24) is 0 Å². The second kappa shape index (κ2) is 6.26. The molecule has 0 radical (unpaired) electrons. The predicted octanol–water partition coefficient (Wildman–Crippen LogP) is 3.20. The van der Waals surface area contributed by atoms with Crippen LogP contribution in [0.4, 0.5) is 13.2 Å². The van der Waals surface area contributed by atoms with E-state index in [1.54, 1.807) is 6.92 Å². The zero-order chi connectivity index (χ0) is 14.5. The smallest absolute Gasteiger partial charge is 0.416 e. The van der Waals surface area contributed by atoms with Crippen LogP contribution in [0.5, 0.6) is 5.75 Å². The number of hydrogen-bond donors (Lipinski definition) is 0. The fourth-order valence-corrected chi connectivity index (χ4v) is 1.25. The number of carbonyl (C=O) groups excluding carboxylic acids is 1. The predicted molar refractivity (Wildman–Crippen MR) is 62.7 cm³/mol. The van der Waals surface area contributed by atoms with Gasteiger partial charge in [0.1, 0.15) is 12.4 Å². The molecule has 0 spiro atoms. The fourth-order valence-electron chi connectivity index (χ4n) is 1.25. The van der Waals surface area contributed by atoms with Crippen LogP contribution in [0.1, 0.15) is 12.5 Å². The van der Waals surface area contributed by atoms with Gasteiger partial charge in [-0.3, -0.25) is 0 Å². The maximum Gasteiger partial charge on any atom is 0.416 e. The summed E-state index contributed by atoms with van der Waals surface area (Å²) < 4.78 is 46.6. The Kier molecular flexibility index (Phi) is 4.97. The van der Waals surface area contributed by atoms with Gasteiger partial charge >= 0.3 is 12.1 Å². The first-order valence-electron chi connectivity index (χ1n) is 5.39. The summed E-state index contributed by atoms with van der Waals surface area (Å²) in [5.74, 6) is -0.182. The number of rotatable bonds is 4. The van der Waals surface area contributed by atoms with Gasteiger partial charge in [0, 0.05) is 5.57 Å². The zero-order valence-electron chi connectivity index (χ0n) is 10.5. The first-order valence-corrected chi connectivity index (χ1v) is 5.39. The number of halogens is 3. The van der Waals surface area contributed by atoms with Gasteiger partial charge in [0.05, 0.1) is 12.7 Å². The third-order valence-corrected chi connectivity index (χ3v) is 2.33. The summed E-state index contributed by atoms with van der Waals surface area (Å²) in [6, 6.07) is 4.33. The van der Waals surface area contributed by atoms with Gasteiger partial charge in [0.2, 0.25) is 0 Å². The van der Waals surface area contributed by atoms with Gasteiger partial charge in [0.15, 0.2) is 0 Å². The lowest BCUT2D eigenvalue weighted by molar-refractivity contribution is -0.138. The Balaban J connectivity index is 2.58. The Morgan fingerprint density at radius 2 is 1.84 bits per heavy atom. The molecule has 0 atom stereocenters. The van der Waals surface area contributed by atoms with Crippen LogP contribution < -0.4 is 4.74 Å². The van der Waals surface area contributed by atoms with Crippen molar-refractivity contribution in [1.29, 1.82) is 0 Å². The third-order valence-electron chi connectivity index (χ3n) is 2.33. The highest BCUT2D eigenvalue weighted by Gasteiger charge is 2.29. The molecule has 0 fully saturated rings. The molecule has 104 valence electrons. The SMILES string of the molecule is COC(=O)C(C)=CCOc1ccc(C(F)(F)F)cc1. The monoisotopic (exact) mass is 274 g/mol. The van der Waals surface area contributed by atoms with Crippen LogP contribution in [-0.2, 0) is 15.7 Å². The van der Waals surface area contributed by atoms with Gasteiger partial charge in [-0.05, 0) is 37.3 Å². The van der Waals surface area contributed by atoms with Gasteiger partial charge in [0.25, 0.3) is 0 Å². The van der Waals surface area contributed by atoms with Gasteiger partial charge in [-0.1, -0.05) is 0 Å². The van der Waals surface area contributed by atoms with Crippen LogP contribution in [-0.4, -0.2) is 19.7 Å². The minimum Gasteiger partial charge on any atom is -0.490 e. The molecule has 1 aromatic carbocycles. The Hall–Kier alpha value is -1.98. The standard InChI is InChI=1S/C13H13F3O3/c1-9(12(17)18-2)7-8-19-11-5-3-10(4-6-11)13(14,15)16/h3-7H,8H2,1-2H3. The van der Waals surface area contributed by atoms with E-state index in [2.05, 4.69) is 4.74 Å². The lowest BCUT2D eigenvalue weighted by atomic mass is 10.2. The van der Waals surface area contributed by atoms with Gasteiger partial charge in [-0.2, -0.15) is 13.2 Å². The van der Waals surface area contributed by atoms with Crippen LogP contribution in [0.3, 0.4) is 0 Å². The number of ether oxygens (including phenoxy) is 2. The molecule has 1 rings (SSSR count). The number of alkyl halides is 3. The fraction of sp³-hybridized carbons (Fsp3) is 0.308. The molecule has 0 aliphatic rings. The summed E-state index contributed by atoms with van der Waals surface area (Å²) >= 11 is 0. The summed E-state index contributed by atoms with van der Waals surface area (Å²) in [6.07, 6.45) is -2.87. The molecule has 0 aliphatic heterocycles. The molecule has 19 heavy (non-hydrogen) atoms. The van der Waals surface area contributed by atoms with Crippen LogP contribution in [0.2, 0.25) is 0 Å². The number of hydrogen-bond acceptors (Lipinski definition) is 3. The summed E-state index contributed by atoms with van der Waals surface area (Å²) in [4.78, 5) is 11.0. The number of methoxy groups -OCH3 is 1. The van der Waals surface area contributed by atoms with E-state index >= 15 is 0 Å². The lowest BCUT2D eigenvalue weighted by Gasteiger charge is -2.08. The highest BCUT2D eigenvalue weighted by Crippen LogP contribution is 2.30. The van der Waals surface area contributed by atoms with Crippen molar-refractivity contribution in [2.75, 3.05) is 13.7 Å². The molecular formula is C13H13F3O3. The molecule has 0 saturated heterocycles. The Bertz CT molecular complexity index is 461. The van der Waals surface area contributed by atoms with E-state index in [4.69, 9.17) is 4.74 Å². The van der Waals surface area contributed by atoms with E-state index in [1.807, 2.05) is 0 Å². The molecule has 0 amide bonds. The second-order valence-electron chi connectivity index (χ2n) is 3.71. The number of benzene rings is 1. The first kappa shape index (κ1) is 15.1. The summed E-state index contributed by atoms with van der Waals surface area (Å²) in [6.45, 7) is 1.63. The van der Waals surface area contributed by atoms with E-state index in [1.165, 1.54) is 25.3 Å². The third kappa shape index (κ3) is 4.65. The molecule has 0 N–H and O–H groups in total. The highest BCUT2D eigenvalue weighted by atomic mass is 19.4. The highest BCUT2D eigenvalue weighted by molar-refractivity contribution is 5.87. The van der Waals surface area contributed by atoms with Crippen LogP contribution in [0.15, 0.2) is 35.9 Å². The van der Waals surface area contributed by atoms with Gasteiger partial charge < -0.3 is 9.47 Å². The van der Waals surface area contributed by atoms with E-state index in [0.29, 0.717) is 11.3 Å². The van der Waals surface area contributed by atoms with Crippen LogP contribution >= 0.6 is 0 Å². The molecule has 0 saturated carbocycles. The van der Waals surface area contributed by atoms with Crippen molar-refractivity contribution in [2.45, 2.75) is 13.1 Å². The number of carbonyl (C=O) groups is 1. The minimum atomic E-state index is -4.36. The van der Waals surface area contributed by atoms with Gasteiger partial charge in [-0.25, -0.2) is 4.79 Å². The first-order chi connectivity index (χ1) is 8.84. The quantitative estimate of drug-likeness (QED) is 0.624. The molecule has 1 aromatic rings. The van der Waals surface area contributed by atoms with E-state index < -0.39 is 17.7 Å². The number of esters is 1. The molecule has 3 nitrogen and oxygen atoms in total. The molecular weight excluding hydrogens is 261 g/mol. The minimum absolute atomic E-state index is 0.0757. The van der Waals surface area contributed by atoms with Crippen LogP contribution in [0.25, 0.3) is 0 Å². The van der Waals surface area contributed by atoms with Crippen molar-refractivity contribution in [3.63, 3.8) is 0 Å². The summed E-state index contributed by atoms with van der Waals surface area (Å²) in [5.41, 5.74) is -0.365. The maximum absolute atomic E-state index is 12.3. The van der Waals surface area contributed by atoms with Crippen LogP contribution in [0, 0.1) is 0 Å². The maximum atomic E-state index is 12.3. The van der Waals surface area contributed by atoms with Crippen molar-refractivity contribution >= 4 is 5.97 Å². The Labute approximate surface area is 108 Å². The summed E-state index contributed by atoms with van der Waals surface area (Å²) in [7, 11) is 1.26. The average molecular weight is 274 g/mol. The van der Waals surface area contributed by atoms with E-state index in [0.717, 1.165) is 12.1 Å². The Morgan fingerprint density at radius 1 is 1.26 bits per heavy atom. The van der Waals surface area contributed by atoms with Crippen molar-refractivity contribution in [2.24, 2.45) is 0 Å². The van der Waals surface area contributed by atoms with E-state index in [9.17, 15) is 18.0 Å².